The minimum Gasteiger partial charge on any atom is -0.336 e. The van der Waals surface area contributed by atoms with Gasteiger partial charge in [-0.1, -0.05) is 42.5 Å². The van der Waals surface area contributed by atoms with Gasteiger partial charge in [-0.25, -0.2) is 0 Å². The van der Waals surface area contributed by atoms with E-state index in [1.807, 2.05) is 17.0 Å². The number of hydrogen-bond donors (Lipinski definition) is 0. The molecule has 28 heavy (non-hydrogen) atoms. The normalized spacial score (nSPS) is 15.4. The molecule has 3 heterocycles. The Morgan fingerprint density at radius 2 is 1.75 bits per heavy atom. The zero-order chi connectivity index (χ0) is 18.9. The molecular formula is C22H21N5O. The highest BCUT2D eigenvalue weighted by atomic mass is 16.2. The Morgan fingerprint density at radius 3 is 2.64 bits per heavy atom. The molecule has 0 saturated carbocycles. The summed E-state index contributed by atoms with van der Waals surface area (Å²) in [6.45, 7) is 4.15. The lowest BCUT2D eigenvalue weighted by Crippen LogP contribution is -2.48. The fourth-order valence-corrected chi connectivity index (χ4v) is 3.92. The number of hydrogen-bond acceptors (Lipinski definition) is 4. The molecule has 0 aliphatic carbocycles. The second-order valence-corrected chi connectivity index (χ2v) is 7.22. The number of benzene rings is 2. The monoisotopic (exact) mass is 371 g/mol. The van der Waals surface area contributed by atoms with Crippen LogP contribution in [0.5, 0.6) is 0 Å². The largest absolute Gasteiger partial charge is 0.336 e. The maximum absolute atomic E-state index is 12.9. The second-order valence-electron chi connectivity index (χ2n) is 7.22. The maximum Gasteiger partial charge on any atom is 0.255 e. The number of aromatic nitrogens is 3. The quantitative estimate of drug-likeness (QED) is 0.556. The van der Waals surface area contributed by atoms with Gasteiger partial charge in [0.25, 0.3) is 5.91 Å². The van der Waals surface area contributed by atoms with Crippen LogP contribution in [0.2, 0.25) is 0 Å². The molecule has 0 N–H and O–H groups in total. The van der Waals surface area contributed by atoms with Crippen LogP contribution in [-0.2, 0) is 6.54 Å². The lowest BCUT2D eigenvalue weighted by Gasteiger charge is -2.35. The van der Waals surface area contributed by atoms with Crippen LogP contribution in [-0.4, -0.2) is 56.5 Å². The van der Waals surface area contributed by atoms with Crippen molar-refractivity contribution < 1.29 is 4.79 Å². The van der Waals surface area contributed by atoms with E-state index in [9.17, 15) is 4.79 Å². The Hall–Kier alpha value is -3.25. The van der Waals surface area contributed by atoms with E-state index in [-0.39, 0.29) is 5.91 Å². The van der Waals surface area contributed by atoms with Gasteiger partial charge in [-0.3, -0.25) is 14.1 Å². The number of carbonyl (C=O) groups is 1. The minimum absolute atomic E-state index is 0.0698. The number of nitrogens with zero attached hydrogens (tertiary/aromatic N) is 5. The summed E-state index contributed by atoms with van der Waals surface area (Å²) in [6.07, 6.45) is 3.42. The fraction of sp³-hybridized carbons (Fsp3) is 0.227. The molecular weight excluding hydrogens is 350 g/mol. The van der Waals surface area contributed by atoms with Crippen molar-refractivity contribution in [2.24, 2.45) is 0 Å². The Bertz CT molecular complexity index is 1140. The van der Waals surface area contributed by atoms with Crippen LogP contribution in [0, 0.1) is 0 Å². The van der Waals surface area contributed by atoms with E-state index < -0.39 is 0 Å². The Labute approximate surface area is 163 Å². The van der Waals surface area contributed by atoms with Crippen molar-refractivity contribution in [1.82, 2.24) is 24.4 Å². The molecule has 1 fully saturated rings. The molecule has 0 bridgehead atoms. The van der Waals surface area contributed by atoms with E-state index in [1.54, 1.807) is 16.9 Å². The molecule has 1 aliphatic heterocycles. The predicted octanol–water partition coefficient (Wildman–Crippen LogP) is 2.84. The molecule has 6 heteroatoms. The van der Waals surface area contributed by atoms with Gasteiger partial charge in [0.15, 0.2) is 5.65 Å². The summed E-state index contributed by atoms with van der Waals surface area (Å²) in [7, 11) is 0. The van der Waals surface area contributed by atoms with E-state index in [1.165, 1.54) is 16.3 Å². The Kier molecular flexibility index (Phi) is 4.25. The molecule has 4 aromatic rings. The van der Waals surface area contributed by atoms with E-state index in [0.717, 1.165) is 38.4 Å². The fourth-order valence-electron chi connectivity index (χ4n) is 3.92. The molecule has 0 radical (unpaired) electrons. The number of rotatable bonds is 3. The van der Waals surface area contributed by atoms with Crippen molar-refractivity contribution >= 4 is 22.3 Å². The van der Waals surface area contributed by atoms with Crippen molar-refractivity contribution in [2.75, 3.05) is 26.2 Å². The summed E-state index contributed by atoms with van der Waals surface area (Å²) >= 11 is 0. The van der Waals surface area contributed by atoms with Crippen LogP contribution < -0.4 is 0 Å². The first-order valence-electron chi connectivity index (χ1n) is 9.55. The summed E-state index contributed by atoms with van der Waals surface area (Å²) < 4.78 is 1.78. The highest BCUT2D eigenvalue weighted by Crippen LogP contribution is 2.21. The van der Waals surface area contributed by atoms with Gasteiger partial charge < -0.3 is 4.90 Å². The van der Waals surface area contributed by atoms with Gasteiger partial charge in [-0.15, -0.1) is 10.2 Å². The Balaban J connectivity index is 1.26. The number of fused-ring (bicyclic) bond motifs is 2. The smallest absolute Gasteiger partial charge is 0.255 e. The third kappa shape index (κ3) is 3.12. The zero-order valence-corrected chi connectivity index (χ0v) is 15.5. The third-order valence-electron chi connectivity index (χ3n) is 5.47. The molecule has 140 valence electrons. The van der Waals surface area contributed by atoms with Crippen molar-refractivity contribution in [3.8, 4) is 0 Å². The first-order chi connectivity index (χ1) is 13.8. The van der Waals surface area contributed by atoms with Crippen molar-refractivity contribution in [3.63, 3.8) is 0 Å². The van der Waals surface area contributed by atoms with E-state index in [4.69, 9.17) is 0 Å². The summed E-state index contributed by atoms with van der Waals surface area (Å²) in [5, 5.41) is 10.4. The molecule has 1 aliphatic rings. The van der Waals surface area contributed by atoms with Crippen LogP contribution in [0.25, 0.3) is 16.4 Å². The molecule has 0 unspecified atom stereocenters. The van der Waals surface area contributed by atoms with Crippen LogP contribution in [0.3, 0.4) is 0 Å². The van der Waals surface area contributed by atoms with Gasteiger partial charge >= 0.3 is 0 Å². The van der Waals surface area contributed by atoms with Crippen molar-refractivity contribution in [2.45, 2.75) is 6.54 Å². The van der Waals surface area contributed by atoms with E-state index >= 15 is 0 Å². The third-order valence-corrected chi connectivity index (χ3v) is 5.47. The lowest BCUT2D eigenvalue weighted by atomic mass is 10.0. The average Bonchev–Trinajstić information content (AvgIpc) is 3.22. The average molecular weight is 371 g/mol. The number of carbonyl (C=O) groups excluding carboxylic acids is 1. The van der Waals surface area contributed by atoms with Gasteiger partial charge in [-0.05, 0) is 28.5 Å². The van der Waals surface area contributed by atoms with Crippen LogP contribution in [0.1, 0.15) is 15.9 Å². The van der Waals surface area contributed by atoms with Gasteiger partial charge in [0.2, 0.25) is 0 Å². The highest BCUT2D eigenvalue weighted by molar-refractivity contribution is 5.94. The van der Waals surface area contributed by atoms with Crippen molar-refractivity contribution in [1.29, 1.82) is 0 Å². The lowest BCUT2D eigenvalue weighted by molar-refractivity contribution is 0.0628. The summed E-state index contributed by atoms with van der Waals surface area (Å²) in [4.78, 5) is 17.2. The molecule has 1 saturated heterocycles. The van der Waals surface area contributed by atoms with Gasteiger partial charge in [0, 0.05) is 38.9 Å². The number of amides is 1. The van der Waals surface area contributed by atoms with Gasteiger partial charge in [0.05, 0.1) is 5.56 Å². The summed E-state index contributed by atoms with van der Waals surface area (Å²) in [5.74, 6) is 0.0698. The molecule has 6 nitrogen and oxygen atoms in total. The van der Waals surface area contributed by atoms with Crippen molar-refractivity contribution in [3.05, 3.63) is 78.2 Å². The maximum atomic E-state index is 12.9. The SMILES string of the molecule is O=C(c1ccc2nncn2c1)N1CCN(Cc2cccc3ccccc23)CC1. The van der Waals surface area contributed by atoms with Crippen LogP contribution in [0.15, 0.2) is 67.1 Å². The summed E-state index contributed by atoms with van der Waals surface area (Å²) in [5.41, 5.74) is 2.77. The summed E-state index contributed by atoms with van der Waals surface area (Å²) in [6, 6.07) is 18.6. The molecule has 1 amide bonds. The first-order valence-corrected chi connectivity index (χ1v) is 9.55. The molecule has 0 atom stereocenters. The second kappa shape index (κ2) is 7.05. The predicted molar refractivity (Wildman–Crippen MR) is 108 cm³/mol. The van der Waals surface area contributed by atoms with E-state index in [2.05, 4.69) is 57.6 Å². The highest BCUT2D eigenvalue weighted by Gasteiger charge is 2.22. The molecule has 0 spiro atoms. The first kappa shape index (κ1) is 16.9. The number of piperazine rings is 1. The molecule has 2 aromatic carbocycles. The number of pyridine rings is 1. The van der Waals surface area contributed by atoms with Crippen LogP contribution >= 0.6 is 0 Å². The van der Waals surface area contributed by atoms with Gasteiger partial charge in [0.1, 0.15) is 6.33 Å². The zero-order valence-electron chi connectivity index (χ0n) is 15.5. The van der Waals surface area contributed by atoms with Crippen LogP contribution in [0.4, 0.5) is 0 Å². The van der Waals surface area contributed by atoms with Gasteiger partial charge in [-0.2, -0.15) is 0 Å². The Morgan fingerprint density at radius 1 is 0.929 bits per heavy atom. The molecule has 5 rings (SSSR count). The topological polar surface area (TPSA) is 53.7 Å². The standard InChI is InChI=1S/C22H21N5O/c28-22(19-8-9-21-24-23-16-27(21)15-19)26-12-10-25(11-13-26)14-18-6-3-5-17-4-1-2-7-20(17)18/h1-9,15-16H,10-14H2. The van der Waals surface area contributed by atoms with E-state index in [0.29, 0.717) is 5.56 Å². The minimum atomic E-state index is 0.0698. The molecule has 2 aromatic heterocycles.